The normalized spacial score (nSPS) is 23.6. The van der Waals surface area contributed by atoms with E-state index in [4.69, 9.17) is 0 Å². The van der Waals surface area contributed by atoms with Gasteiger partial charge in [0, 0.05) is 11.3 Å². The Hall–Kier alpha value is 0.0500. The van der Waals surface area contributed by atoms with Crippen LogP contribution >= 0.6 is 11.8 Å². The molecule has 0 aromatic heterocycles. The Morgan fingerprint density at radius 3 is 3.07 bits per heavy atom. The molecule has 1 fully saturated rings. The summed E-state index contributed by atoms with van der Waals surface area (Å²) in [4.78, 5) is 0. The quantitative estimate of drug-likeness (QED) is 0.652. The van der Waals surface area contributed by atoms with Crippen molar-refractivity contribution < 1.29 is 0 Å². The molecule has 1 nitrogen and oxygen atoms in total. The van der Waals surface area contributed by atoms with Crippen molar-refractivity contribution in [1.82, 2.24) is 5.32 Å². The second-order valence-corrected chi connectivity index (χ2v) is 5.33. The molecule has 2 heteroatoms. The summed E-state index contributed by atoms with van der Waals surface area (Å²) >= 11 is 2.15. The maximum Gasteiger partial charge on any atom is 0.0201 e. The highest BCUT2D eigenvalue weighted by atomic mass is 32.2. The molecule has 1 aliphatic heterocycles. The van der Waals surface area contributed by atoms with Crippen LogP contribution in [0.4, 0.5) is 0 Å². The third-order valence-electron chi connectivity index (χ3n) is 2.75. The monoisotopic (exact) mass is 213 g/mol. The van der Waals surface area contributed by atoms with Gasteiger partial charge in [-0.05, 0) is 44.4 Å². The van der Waals surface area contributed by atoms with E-state index in [1.165, 1.54) is 38.0 Å². The van der Waals surface area contributed by atoms with Crippen LogP contribution in [0.5, 0.6) is 0 Å². The fourth-order valence-corrected chi connectivity index (χ4v) is 3.40. The van der Waals surface area contributed by atoms with Crippen molar-refractivity contribution >= 4 is 11.8 Å². The van der Waals surface area contributed by atoms with Crippen LogP contribution in [0.2, 0.25) is 0 Å². The number of hydrogen-bond acceptors (Lipinski definition) is 2. The fourth-order valence-electron chi connectivity index (χ4n) is 1.97. The summed E-state index contributed by atoms with van der Waals surface area (Å²) in [6.45, 7) is 7.21. The smallest absolute Gasteiger partial charge is 0.0201 e. The van der Waals surface area contributed by atoms with Gasteiger partial charge >= 0.3 is 0 Å². The number of rotatable bonds is 7. The van der Waals surface area contributed by atoms with Crippen molar-refractivity contribution in [3.63, 3.8) is 0 Å². The van der Waals surface area contributed by atoms with Crippen molar-refractivity contribution in [3.05, 3.63) is 12.7 Å². The summed E-state index contributed by atoms with van der Waals surface area (Å²) in [7, 11) is 0. The summed E-state index contributed by atoms with van der Waals surface area (Å²) in [5.74, 6) is 1.36. The number of thioether (sulfide) groups is 1. The second kappa shape index (κ2) is 7.36. The zero-order valence-corrected chi connectivity index (χ0v) is 10.1. The van der Waals surface area contributed by atoms with Gasteiger partial charge in [0.05, 0.1) is 0 Å². The molecule has 14 heavy (non-hydrogen) atoms. The van der Waals surface area contributed by atoms with Crippen LogP contribution in [0.25, 0.3) is 0 Å². The molecule has 1 heterocycles. The van der Waals surface area contributed by atoms with E-state index in [0.717, 1.165) is 17.7 Å². The molecule has 0 spiro atoms. The van der Waals surface area contributed by atoms with Crippen molar-refractivity contribution in [2.24, 2.45) is 0 Å². The van der Waals surface area contributed by atoms with Gasteiger partial charge in [-0.3, -0.25) is 0 Å². The Bertz CT molecular complexity index is 152. The van der Waals surface area contributed by atoms with Crippen molar-refractivity contribution in [3.8, 4) is 0 Å². The van der Waals surface area contributed by atoms with E-state index in [1.54, 1.807) is 0 Å². The van der Waals surface area contributed by atoms with Gasteiger partial charge in [0.25, 0.3) is 0 Å². The molecule has 1 rings (SSSR count). The maximum absolute atomic E-state index is 3.80. The first-order valence-electron chi connectivity index (χ1n) is 5.84. The van der Waals surface area contributed by atoms with Gasteiger partial charge in [-0.25, -0.2) is 0 Å². The molecular weight excluding hydrogens is 190 g/mol. The van der Waals surface area contributed by atoms with Gasteiger partial charge in [0.2, 0.25) is 0 Å². The van der Waals surface area contributed by atoms with Crippen LogP contribution < -0.4 is 5.32 Å². The van der Waals surface area contributed by atoms with E-state index in [0.29, 0.717) is 0 Å². The van der Waals surface area contributed by atoms with E-state index >= 15 is 0 Å². The van der Waals surface area contributed by atoms with Crippen LogP contribution in [0.3, 0.4) is 0 Å². The zero-order valence-electron chi connectivity index (χ0n) is 9.30. The fraction of sp³-hybridized carbons (Fsp3) is 0.833. The first-order chi connectivity index (χ1) is 6.88. The van der Waals surface area contributed by atoms with Crippen molar-refractivity contribution in [2.45, 2.75) is 50.3 Å². The highest BCUT2D eigenvalue weighted by molar-refractivity contribution is 8.00. The van der Waals surface area contributed by atoms with Gasteiger partial charge in [-0.2, -0.15) is 11.8 Å². The number of allylic oxidation sites excluding steroid dienone is 1. The molecular formula is C12H23NS. The zero-order chi connectivity index (χ0) is 10.2. The lowest BCUT2D eigenvalue weighted by atomic mass is 10.0. The molecule has 1 saturated heterocycles. The lowest BCUT2D eigenvalue weighted by Crippen LogP contribution is -2.37. The topological polar surface area (TPSA) is 12.0 Å². The van der Waals surface area contributed by atoms with Crippen LogP contribution in [0.15, 0.2) is 12.7 Å². The largest absolute Gasteiger partial charge is 0.313 e. The summed E-state index contributed by atoms with van der Waals surface area (Å²) in [6, 6.07) is 0.723. The Labute approximate surface area is 92.7 Å². The highest BCUT2D eigenvalue weighted by Crippen LogP contribution is 2.30. The summed E-state index contributed by atoms with van der Waals surface area (Å²) < 4.78 is 0. The number of hydrogen-bond donors (Lipinski definition) is 1. The average Bonchev–Trinajstić information content (AvgIpc) is 2.71. The van der Waals surface area contributed by atoms with Crippen molar-refractivity contribution in [2.75, 3.05) is 12.3 Å². The maximum atomic E-state index is 3.80. The summed E-state index contributed by atoms with van der Waals surface area (Å²) in [5, 5.41) is 4.54. The molecule has 82 valence electrons. The van der Waals surface area contributed by atoms with Gasteiger partial charge in [-0.15, -0.1) is 6.58 Å². The number of nitrogens with one attached hydrogen (secondary N) is 1. The summed E-state index contributed by atoms with van der Waals surface area (Å²) in [6.07, 6.45) is 8.51. The molecule has 1 N–H and O–H groups in total. The first kappa shape index (κ1) is 12.1. The highest BCUT2D eigenvalue weighted by Gasteiger charge is 2.24. The predicted molar refractivity (Wildman–Crippen MR) is 67.0 cm³/mol. The second-order valence-electron chi connectivity index (χ2n) is 3.98. The van der Waals surface area contributed by atoms with E-state index in [-0.39, 0.29) is 0 Å². The third kappa shape index (κ3) is 4.05. The molecule has 0 aromatic rings. The lowest BCUT2D eigenvalue weighted by molar-refractivity contribution is 0.461. The van der Waals surface area contributed by atoms with Gasteiger partial charge in [0.1, 0.15) is 0 Å². The molecule has 1 aliphatic rings. The van der Waals surface area contributed by atoms with Crippen LogP contribution in [-0.4, -0.2) is 23.6 Å². The Morgan fingerprint density at radius 1 is 1.64 bits per heavy atom. The van der Waals surface area contributed by atoms with E-state index in [9.17, 15) is 0 Å². The minimum absolute atomic E-state index is 0.723. The molecule has 0 amide bonds. The first-order valence-corrected chi connectivity index (χ1v) is 6.89. The molecule has 0 aliphatic carbocycles. The molecule has 2 unspecified atom stereocenters. The average molecular weight is 213 g/mol. The molecule has 0 radical (unpaired) electrons. The van der Waals surface area contributed by atoms with Gasteiger partial charge in [0.15, 0.2) is 0 Å². The Balaban J connectivity index is 2.29. The Morgan fingerprint density at radius 2 is 2.50 bits per heavy atom. The Kier molecular flexibility index (Phi) is 6.37. The SMILES string of the molecule is C=CCCC(NCCC)C1CCCS1. The van der Waals surface area contributed by atoms with Gasteiger partial charge in [-0.1, -0.05) is 13.0 Å². The third-order valence-corrected chi connectivity index (χ3v) is 4.27. The minimum Gasteiger partial charge on any atom is -0.313 e. The van der Waals surface area contributed by atoms with E-state index in [2.05, 4.69) is 30.6 Å². The standard InChI is InChI=1S/C12H23NS/c1-3-5-7-11(13-9-4-2)12-8-6-10-14-12/h3,11-13H,1,4-10H2,2H3. The van der Waals surface area contributed by atoms with Crippen LogP contribution in [0.1, 0.15) is 39.0 Å². The van der Waals surface area contributed by atoms with Crippen LogP contribution in [0, 0.1) is 0 Å². The lowest BCUT2D eigenvalue weighted by Gasteiger charge is -2.23. The predicted octanol–water partition coefficient (Wildman–Crippen LogP) is 3.22. The van der Waals surface area contributed by atoms with Crippen molar-refractivity contribution in [1.29, 1.82) is 0 Å². The van der Waals surface area contributed by atoms with E-state index < -0.39 is 0 Å². The van der Waals surface area contributed by atoms with Crippen LogP contribution in [-0.2, 0) is 0 Å². The minimum atomic E-state index is 0.723. The van der Waals surface area contributed by atoms with E-state index in [1.807, 2.05) is 6.08 Å². The molecule has 0 aromatic carbocycles. The molecule has 0 bridgehead atoms. The van der Waals surface area contributed by atoms with Gasteiger partial charge < -0.3 is 5.32 Å². The molecule has 0 saturated carbocycles. The summed E-state index contributed by atoms with van der Waals surface area (Å²) in [5.41, 5.74) is 0. The molecule has 2 atom stereocenters.